The van der Waals surface area contributed by atoms with Crippen molar-refractivity contribution < 1.29 is 8.83 Å². The van der Waals surface area contributed by atoms with E-state index in [1.807, 2.05) is 12.1 Å². The van der Waals surface area contributed by atoms with Crippen LogP contribution in [0.5, 0.6) is 0 Å². The van der Waals surface area contributed by atoms with Gasteiger partial charge < -0.3 is 18.6 Å². The van der Waals surface area contributed by atoms with E-state index in [0.717, 1.165) is 111 Å². The summed E-state index contributed by atoms with van der Waals surface area (Å²) in [6.45, 7) is 0. The van der Waals surface area contributed by atoms with Gasteiger partial charge in [-0.1, -0.05) is 152 Å². The first-order chi connectivity index (χ1) is 30.7. The second kappa shape index (κ2) is 14.7. The monoisotopic (exact) mass is 794 g/mol. The van der Waals surface area contributed by atoms with Gasteiger partial charge in [0.1, 0.15) is 16.7 Å². The van der Waals surface area contributed by atoms with E-state index in [4.69, 9.17) is 8.83 Å². The van der Waals surface area contributed by atoms with E-state index in [1.54, 1.807) is 0 Å². The van der Waals surface area contributed by atoms with Crippen LogP contribution in [0.3, 0.4) is 0 Å². The summed E-state index contributed by atoms with van der Waals surface area (Å²) >= 11 is 0. The van der Waals surface area contributed by atoms with Crippen molar-refractivity contribution in [2.45, 2.75) is 0 Å². The molecule has 0 atom stereocenters. The third-order valence-electron chi connectivity index (χ3n) is 12.0. The lowest BCUT2D eigenvalue weighted by atomic mass is 10.0. The maximum absolute atomic E-state index is 7.31. The third-order valence-corrected chi connectivity index (χ3v) is 12.0. The number of rotatable bonds is 8. The lowest BCUT2D eigenvalue weighted by Gasteiger charge is -2.29. The molecule has 0 saturated heterocycles. The quantitative estimate of drug-likeness (QED) is 0.153. The summed E-state index contributed by atoms with van der Waals surface area (Å²) in [6.07, 6.45) is 0. The van der Waals surface area contributed by atoms with Gasteiger partial charge >= 0.3 is 0 Å². The Hall–Kier alpha value is -8.34. The maximum atomic E-state index is 7.31. The zero-order valence-corrected chi connectivity index (χ0v) is 33.7. The van der Waals surface area contributed by atoms with Gasteiger partial charge in [-0.25, -0.2) is 0 Å². The lowest BCUT2D eigenvalue weighted by Crippen LogP contribution is -2.13. The molecule has 0 aliphatic rings. The molecule has 0 amide bonds. The Morgan fingerprint density at radius 2 is 0.790 bits per heavy atom. The standard InChI is InChI=1S/C58H38N2O2/c1-4-16-39(17-5-1)42-21-14-25-45(36-42)59(44-23-8-3-9-24-44)53-35-34-52(56-51-32-30-41-20-10-11-27-48(41)57(51)62-58(53)56)60(46-26-15-22-43(37-46)40-18-6-2-7-19-40)47-31-33-50-49-28-12-13-29-54(49)61-55(50)38-47/h1-38H. The molecule has 2 aromatic heterocycles. The molecule has 62 heavy (non-hydrogen) atoms. The Morgan fingerprint density at radius 3 is 1.50 bits per heavy atom. The molecular weight excluding hydrogens is 757 g/mol. The van der Waals surface area contributed by atoms with E-state index >= 15 is 0 Å². The van der Waals surface area contributed by atoms with Crippen LogP contribution in [0.25, 0.3) is 76.9 Å². The van der Waals surface area contributed by atoms with Crippen LogP contribution in [-0.4, -0.2) is 0 Å². The summed E-state index contributed by atoms with van der Waals surface area (Å²) in [5.74, 6) is 0. The molecule has 0 aliphatic heterocycles. The minimum atomic E-state index is 0.789. The van der Waals surface area contributed by atoms with Crippen LogP contribution < -0.4 is 9.80 Å². The minimum Gasteiger partial charge on any atom is -0.456 e. The van der Waals surface area contributed by atoms with Gasteiger partial charge in [0.05, 0.1) is 16.8 Å². The number of para-hydroxylation sites is 2. The second-order valence-corrected chi connectivity index (χ2v) is 15.7. The number of fused-ring (bicyclic) bond motifs is 8. The molecule has 10 aromatic carbocycles. The number of nitrogens with zero attached hydrogens (tertiary/aromatic N) is 2. The van der Waals surface area contributed by atoms with Gasteiger partial charge in [0.25, 0.3) is 0 Å². The highest BCUT2D eigenvalue weighted by molar-refractivity contribution is 6.22. The van der Waals surface area contributed by atoms with Gasteiger partial charge in [-0.05, 0) is 100 Å². The molecule has 4 nitrogen and oxygen atoms in total. The summed E-state index contributed by atoms with van der Waals surface area (Å²) in [6, 6.07) is 81.5. The van der Waals surface area contributed by atoms with Crippen molar-refractivity contribution in [2.75, 3.05) is 9.80 Å². The van der Waals surface area contributed by atoms with Crippen molar-refractivity contribution in [2.24, 2.45) is 0 Å². The first-order valence-corrected chi connectivity index (χ1v) is 21.0. The van der Waals surface area contributed by atoms with Crippen molar-refractivity contribution >= 4 is 88.8 Å². The highest BCUT2D eigenvalue weighted by atomic mass is 16.3. The molecule has 0 unspecified atom stereocenters. The van der Waals surface area contributed by atoms with Crippen LogP contribution in [0.15, 0.2) is 239 Å². The summed E-state index contributed by atoms with van der Waals surface area (Å²) in [5.41, 5.74) is 13.9. The molecule has 0 fully saturated rings. The van der Waals surface area contributed by atoms with Gasteiger partial charge in [0.2, 0.25) is 0 Å². The number of benzene rings is 10. The van der Waals surface area contributed by atoms with Crippen LogP contribution >= 0.6 is 0 Å². The molecule has 4 heteroatoms. The summed E-state index contributed by atoms with van der Waals surface area (Å²) in [4.78, 5) is 4.68. The second-order valence-electron chi connectivity index (χ2n) is 15.7. The Morgan fingerprint density at radius 1 is 0.274 bits per heavy atom. The van der Waals surface area contributed by atoms with Crippen LogP contribution in [0.2, 0.25) is 0 Å². The van der Waals surface area contributed by atoms with Crippen LogP contribution in [0.1, 0.15) is 0 Å². The predicted octanol–water partition coefficient (Wildman–Crippen LogP) is 16.9. The molecule has 0 saturated carbocycles. The predicted molar refractivity (Wildman–Crippen MR) is 259 cm³/mol. The summed E-state index contributed by atoms with van der Waals surface area (Å²) in [7, 11) is 0. The van der Waals surface area contributed by atoms with Crippen molar-refractivity contribution in [1.29, 1.82) is 0 Å². The van der Waals surface area contributed by atoms with E-state index in [2.05, 4.69) is 228 Å². The van der Waals surface area contributed by atoms with Crippen molar-refractivity contribution in [3.63, 3.8) is 0 Å². The zero-order valence-electron chi connectivity index (χ0n) is 33.7. The van der Waals surface area contributed by atoms with Gasteiger partial charge in [-0.2, -0.15) is 0 Å². The fourth-order valence-corrected chi connectivity index (χ4v) is 9.13. The van der Waals surface area contributed by atoms with Gasteiger partial charge in [-0.3, -0.25) is 0 Å². The Balaban J connectivity index is 1.15. The fourth-order valence-electron chi connectivity index (χ4n) is 9.13. The summed E-state index contributed by atoms with van der Waals surface area (Å²) in [5, 5.41) is 6.42. The molecule has 2 heterocycles. The molecule has 0 N–H and O–H groups in total. The molecule has 12 aromatic rings. The van der Waals surface area contributed by atoms with E-state index < -0.39 is 0 Å². The van der Waals surface area contributed by atoms with E-state index in [-0.39, 0.29) is 0 Å². The molecule has 0 aliphatic carbocycles. The van der Waals surface area contributed by atoms with Crippen LogP contribution in [-0.2, 0) is 0 Å². The molecule has 292 valence electrons. The topological polar surface area (TPSA) is 32.8 Å². The first-order valence-electron chi connectivity index (χ1n) is 21.0. The Bertz CT molecular complexity index is 3590. The van der Waals surface area contributed by atoms with Gasteiger partial charge in [0.15, 0.2) is 5.58 Å². The third kappa shape index (κ3) is 6.00. The lowest BCUT2D eigenvalue weighted by molar-refractivity contribution is 0.669. The van der Waals surface area contributed by atoms with Crippen LogP contribution in [0.4, 0.5) is 34.1 Å². The number of hydrogen-bond donors (Lipinski definition) is 0. The molecular formula is C58H38N2O2. The zero-order chi connectivity index (χ0) is 41.0. The SMILES string of the molecule is c1ccc(-c2cccc(N(c3ccccc3)c3ccc(N(c4cccc(-c5ccccc5)c4)c4ccc5c(c4)oc4ccccc45)c4c3oc3c5ccccc5ccc34)c2)cc1. The average Bonchev–Trinajstić information content (AvgIpc) is 3.93. The normalized spacial score (nSPS) is 11.5. The molecule has 0 spiro atoms. The fraction of sp³-hybridized carbons (Fsp3) is 0. The molecule has 0 bridgehead atoms. The van der Waals surface area contributed by atoms with Crippen molar-refractivity contribution in [1.82, 2.24) is 0 Å². The van der Waals surface area contributed by atoms with E-state index in [9.17, 15) is 0 Å². The number of furan rings is 2. The van der Waals surface area contributed by atoms with Crippen molar-refractivity contribution in [3.8, 4) is 22.3 Å². The first kappa shape index (κ1) is 35.6. The van der Waals surface area contributed by atoms with E-state index in [1.165, 1.54) is 0 Å². The maximum Gasteiger partial charge on any atom is 0.161 e. The minimum absolute atomic E-state index is 0.789. The van der Waals surface area contributed by atoms with Crippen molar-refractivity contribution in [3.05, 3.63) is 231 Å². The highest BCUT2D eigenvalue weighted by Gasteiger charge is 2.27. The summed E-state index contributed by atoms with van der Waals surface area (Å²) < 4.78 is 13.9. The molecule has 0 radical (unpaired) electrons. The van der Waals surface area contributed by atoms with E-state index in [0.29, 0.717) is 0 Å². The van der Waals surface area contributed by atoms with Gasteiger partial charge in [0, 0.05) is 50.4 Å². The van der Waals surface area contributed by atoms with Gasteiger partial charge in [-0.15, -0.1) is 0 Å². The largest absolute Gasteiger partial charge is 0.456 e. The number of hydrogen-bond acceptors (Lipinski definition) is 4. The number of anilines is 6. The Labute approximate surface area is 358 Å². The van der Waals surface area contributed by atoms with Crippen LogP contribution in [0, 0.1) is 0 Å². The molecule has 12 rings (SSSR count). The highest BCUT2D eigenvalue weighted by Crippen LogP contribution is 2.50. The Kier molecular flexibility index (Phi) is 8.46. The average molecular weight is 795 g/mol. The smallest absolute Gasteiger partial charge is 0.161 e.